The fraction of sp³-hybridized carbons (Fsp3) is 0.125. The van der Waals surface area contributed by atoms with Gasteiger partial charge in [-0.2, -0.15) is 0 Å². The Morgan fingerprint density at radius 3 is 2.68 bits per heavy atom. The average molecular weight is 250 g/mol. The molecule has 19 heavy (non-hydrogen) atoms. The first kappa shape index (κ1) is 11.7. The van der Waals surface area contributed by atoms with E-state index in [0.29, 0.717) is 5.56 Å². The van der Waals surface area contributed by atoms with Gasteiger partial charge < -0.3 is 4.57 Å². The number of benzene rings is 2. The number of carbonyl (C=O) groups is 1. The summed E-state index contributed by atoms with van der Waals surface area (Å²) in [7, 11) is 2.00. The van der Waals surface area contributed by atoms with Crippen LogP contribution in [-0.2, 0) is 7.05 Å². The monoisotopic (exact) mass is 250 g/mol. The molecule has 0 unspecified atom stereocenters. The summed E-state index contributed by atoms with van der Waals surface area (Å²) in [6.07, 6.45) is 0.849. The van der Waals surface area contributed by atoms with E-state index in [0.717, 1.165) is 28.7 Å². The lowest BCUT2D eigenvalue weighted by Gasteiger charge is -2.05. The largest absolute Gasteiger partial charge is 0.327 e. The van der Waals surface area contributed by atoms with Gasteiger partial charge in [-0.05, 0) is 30.7 Å². The molecule has 0 amide bonds. The molecule has 3 aromatic rings. The molecule has 0 saturated carbocycles. The number of hydrogen-bond donors (Lipinski definition) is 0. The summed E-state index contributed by atoms with van der Waals surface area (Å²) in [6.45, 7) is 2.07. The fourth-order valence-corrected chi connectivity index (χ4v) is 2.35. The van der Waals surface area contributed by atoms with Crippen LogP contribution < -0.4 is 0 Å². The Balaban J connectivity index is 2.28. The first-order valence-electron chi connectivity index (χ1n) is 6.18. The van der Waals surface area contributed by atoms with Crippen LogP contribution in [0, 0.1) is 6.92 Å². The van der Waals surface area contributed by atoms with E-state index in [1.54, 1.807) is 0 Å². The molecule has 0 aliphatic rings. The highest BCUT2D eigenvalue weighted by Gasteiger charge is 2.11. The summed E-state index contributed by atoms with van der Waals surface area (Å²) < 4.78 is 2.06. The van der Waals surface area contributed by atoms with Crippen molar-refractivity contribution < 1.29 is 4.79 Å². The second-order valence-electron chi connectivity index (χ2n) is 4.68. The lowest BCUT2D eigenvalue weighted by Crippen LogP contribution is -1.94. The Morgan fingerprint density at radius 1 is 1.16 bits per heavy atom. The van der Waals surface area contributed by atoms with Crippen LogP contribution in [0.2, 0.25) is 0 Å². The Kier molecular flexibility index (Phi) is 2.67. The first-order valence-corrected chi connectivity index (χ1v) is 6.18. The smallest absolute Gasteiger partial charge is 0.150 e. The molecule has 0 aliphatic heterocycles. The standard InChI is InChI=1S/C16H14N2O/c1-11-5-3-4-6-13(11)16-17-14-9-12(10-19)7-8-15(14)18(16)2/h3-10H,1-2H3. The van der Waals surface area contributed by atoms with Crippen molar-refractivity contribution in [2.75, 3.05) is 0 Å². The summed E-state index contributed by atoms with van der Waals surface area (Å²) in [6, 6.07) is 13.8. The van der Waals surface area contributed by atoms with Crippen molar-refractivity contribution in [3.8, 4) is 11.4 Å². The van der Waals surface area contributed by atoms with E-state index in [4.69, 9.17) is 0 Å². The molecule has 1 aromatic heterocycles. The zero-order chi connectivity index (χ0) is 13.4. The molecule has 3 nitrogen and oxygen atoms in total. The fourth-order valence-electron chi connectivity index (χ4n) is 2.35. The molecule has 0 fully saturated rings. The second kappa shape index (κ2) is 4.35. The first-order chi connectivity index (χ1) is 9.20. The molecule has 3 heteroatoms. The van der Waals surface area contributed by atoms with Gasteiger partial charge in [-0.1, -0.05) is 24.3 Å². The molecular weight excluding hydrogens is 236 g/mol. The van der Waals surface area contributed by atoms with E-state index in [1.165, 1.54) is 5.56 Å². The van der Waals surface area contributed by atoms with Crippen molar-refractivity contribution in [2.45, 2.75) is 6.92 Å². The molecule has 0 radical (unpaired) electrons. The number of aryl methyl sites for hydroxylation is 2. The minimum absolute atomic E-state index is 0.655. The van der Waals surface area contributed by atoms with E-state index in [2.05, 4.69) is 28.6 Å². The lowest BCUT2D eigenvalue weighted by atomic mass is 10.1. The molecule has 94 valence electrons. The average Bonchev–Trinajstić information content (AvgIpc) is 2.76. The Hall–Kier alpha value is -2.42. The zero-order valence-electron chi connectivity index (χ0n) is 10.9. The highest BCUT2D eigenvalue weighted by Crippen LogP contribution is 2.26. The number of aldehydes is 1. The number of carbonyl (C=O) groups excluding carboxylic acids is 1. The summed E-state index contributed by atoms with van der Waals surface area (Å²) in [5.74, 6) is 0.927. The van der Waals surface area contributed by atoms with Gasteiger partial charge >= 0.3 is 0 Å². The molecule has 2 aromatic carbocycles. The summed E-state index contributed by atoms with van der Waals surface area (Å²) in [5.41, 5.74) is 4.85. The third-order valence-corrected chi connectivity index (χ3v) is 3.43. The third kappa shape index (κ3) is 1.83. The zero-order valence-corrected chi connectivity index (χ0v) is 10.9. The number of imidazole rings is 1. The minimum atomic E-state index is 0.655. The molecule has 1 heterocycles. The molecule has 0 bridgehead atoms. The van der Waals surface area contributed by atoms with E-state index in [1.807, 2.05) is 37.4 Å². The van der Waals surface area contributed by atoms with Crippen LogP contribution in [0.3, 0.4) is 0 Å². The van der Waals surface area contributed by atoms with Gasteiger partial charge in [0.1, 0.15) is 12.1 Å². The molecule has 0 saturated heterocycles. The van der Waals surface area contributed by atoms with Crippen molar-refractivity contribution in [3.63, 3.8) is 0 Å². The van der Waals surface area contributed by atoms with Gasteiger partial charge in [0, 0.05) is 18.2 Å². The van der Waals surface area contributed by atoms with Crippen molar-refractivity contribution in [3.05, 3.63) is 53.6 Å². The third-order valence-electron chi connectivity index (χ3n) is 3.43. The molecule has 0 aliphatic carbocycles. The van der Waals surface area contributed by atoms with E-state index >= 15 is 0 Å². The molecular formula is C16H14N2O. The topological polar surface area (TPSA) is 34.9 Å². The number of aromatic nitrogens is 2. The summed E-state index contributed by atoms with van der Waals surface area (Å²) >= 11 is 0. The van der Waals surface area contributed by atoms with Gasteiger partial charge in [0.15, 0.2) is 0 Å². The maximum Gasteiger partial charge on any atom is 0.150 e. The lowest BCUT2D eigenvalue weighted by molar-refractivity contribution is 0.112. The maximum atomic E-state index is 10.8. The Labute approximate surface area is 111 Å². The van der Waals surface area contributed by atoms with E-state index in [-0.39, 0.29) is 0 Å². The van der Waals surface area contributed by atoms with Gasteiger partial charge in [0.2, 0.25) is 0 Å². The van der Waals surface area contributed by atoms with Crippen molar-refractivity contribution in [1.29, 1.82) is 0 Å². The number of nitrogens with zero attached hydrogens (tertiary/aromatic N) is 2. The highest BCUT2D eigenvalue weighted by molar-refractivity contribution is 5.87. The van der Waals surface area contributed by atoms with Gasteiger partial charge in [-0.15, -0.1) is 0 Å². The normalized spacial score (nSPS) is 10.8. The van der Waals surface area contributed by atoms with Crippen LogP contribution in [0.15, 0.2) is 42.5 Å². The van der Waals surface area contributed by atoms with E-state index in [9.17, 15) is 4.79 Å². The van der Waals surface area contributed by atoms with Crippen LogP contribution in [0.5, 0.6) is 0 Å². The Bertz CT molecular complexity index is 772. The van der Waals surface area contributed by atoms with Crippen molar-refractivity contribution in [1.82, 2.24) is 9.55 Å². The number of hydrogen-bond acceptors (Lipinski definition) is 2. The van der Waals surface area contributed by atoms with Crippen LogP contribution in [0.4, 0.5) is 0 Å². The number of rotatable bonds is 2. The van der Waals surface area contributed by atoms with Crippen molar-refractivity contribution >= 4 is 17.3 Å². The summed E-state index contributed by atoms with van der Waals surface area (Å²) in [4.78, 5) is 15.5. The highest BCUT2D eigenvalue weighted by atomic mass is 16.1. The maximum absolute atomic E-state index is 10.8. The molecule has 3 rings (SSSR count). The Morgan fingerprint density at radius 2 is 1.95 bits per heavy atom. The van der Waals surface area contributed by atoms with E-state index < -0.39 is 0 Å². The SMILES string of the molecule is Cc1ccccc1-c1nc2cc(C=O)ccc2n1C. The summed E-state index contributed by atoms with van der Waals surface area (Å²) in [5, 5.41) is 0. The van der Waals surface area contributed by atoms with Gasteiger partial charge in [-0.3, -0.25) is 4.79 Å². The van der Waals surface area contributed by atoms with Gasteiger partial charge in [0.25, 0.3) is 0 Å². The van der Waals surface area contributed by atoms with Crippen LogP contribution in [-0.4, -0.2) is 15.8 Å². The van der Waals surface area contributed by atoms with Gasteiger partial charge in [-0.25, -0.2) is 4.98 Å². The molecule has 0 spiro atoms. The minimum Gasteiger partial charge on any atom is -0.327 e. The predicted octanol–water partition coefficient (Wildman–Crippen LogP) is 3.36. The second-order valence-corrected chi connectivity index (χ2v) is 4.68. The van der Waals surface area contributed by atoms with Crippen LogP contribution >= 0.6 is 0 Å². The van der Waals surface area contributed by atoms with Gasteiger partial charge in [0.05, 0.1) is 11.0 Å². The number of fused-ring (bicyclic) bond motifs is 1. The predicted molar refractivity (Wildman–Crippen MR) is 76.3 cm³/mol. The molecule has 0 atom stereocenters. The van der Waals surface area contributed by atoms with Crippen LogP contribution in [0.25, 0.3) is 22.4 Å². The van der Waals surface area contributed by atoms with Crippen molar-refractivity contribution in [2.24, 2.45) is 7.05 Å². The van der Waals surface area contributed by atoms with Crippen LogP contribution in [0.1, 0.15) is 15.9 Å². The quantitative estimate of drug-likeness (QED) is 0.654. The molecule has 0 N–H and O–H groups in total.